The molecule has 122 valence electrons. The number of nitrogens with zero attached hydrogens (tertiary/aromatic N) is 2. The normalized spacial score (nSPS) is 11.6. The van der Waals surface area contributed by atoms with Crippen LogP contribution in [0.4, 0.5) is 0 Å². The molecule has 0 fully saturated rings. The lowest BCUT2D eigenvalue weighted by Crippen LogP contribution is -2.39. The molecule has 4 rings (SSSR count). The minimum absolute atomic E-state index is 0.725. The van der Waals surface area contributed by atoms with E-state index in [1.54, 1.807) is 0 Å². The molecule has 0 saturated heterocycles. The van der Waals surface area contributed by atoms with Gasteiger partial charge in [0.2, 0.25) is 5.69 Å². The summed E-state index contributed by atoms with van der Waals surface area (Å²) < 4.78 is 2.12. The van der Waals surface area contributed by atoms with Crippen LogP contribution in [0.5, 0.6) is 0 Å². The van der Waals surface area contributed by atoms with Crippen molar-refractivity contribution < 1.29 is 9.77 Å². The number of aromatic nitrogens is 1. The van der Waals surface area contributed by atoms with Gasteiger partial charge in [0.1, 0.15) is 6.21 Å². The molecule has 25 heavy (non-hydrogen) atoms. The molecule has 0 amide bonds. The predicted octanol–water partition coefficient (Wildman–Crippen LogP) is 4.45. The fourth-order valence-corrected chi connectivity index (χ4v) is 3.38. The molecule has 0 atom stereocenters. The van der Waals surface area contributed by atoms with Gasteiger partial charge in [0.05, 0.1) is 0 Å². The SMILES string of the molecule is Cc1c(C[n+]2cc3ccccc3cc2C=NO)ccc2ccccc12. The molecule has 0 unspecified atom stereocenters. The second-order valence-electron chi connectivity index (χ2n) is 6.27. The molecule has 0 aliphatic rings. The van der Waals surface area contributed by atoms with Gasteiger partial charge < -0.3 is 5.21 Å². The standard InChI is InChI=1S/C22H18N2O/c1-16-19(11-10-17-6-4-5-9-22(16)17)14-24-15-20-8-3-2-7-18(20)12-21(24)13-23-25/h2-13,15H,14H2,1H3/p+1. The van der Waals surface area contributed by atoms with Crippen molar-refractivity contribution in [1.82, 2.24) is 0 Å². The van der Waals surface area contributed by atoms with E-state index in [0.29, 0.717) is 0 Å². The molecule has 0 saturated carbocycles. The van der Waals surface area contributed by atoms with Crippen LogP contribution >= 0.6 is 0 Å². The lowest BCUT2D eigenvalue weighted by Gasteiger charge is -2.09. The number of hydrogen-bond acceptors (Lipinski definition) is 2. The maximum absolute atomic E-state index is 9.03. The van der Waals surface area contributed by atoms with Gasteiger partial charge in [0.25, 0.3) is 0 Å². The first-order valence-corrected chi connectivity index (χ1v) is 8.33. The van der Waals surface area contributed by atoms with E-state index >= 15 is 0 Å². The Hall–Kier alpha value is -3.20. The van der Waals surface area contributed by atoms with E-state index in [9.17, 15) is 0 Å². The highest BCUT2D eigenvalue weighted by Gasteiger charge is 2.14. The van der Waals surface area contributed by atoms with Crippen LogP contribution in [0, 0.1) is 6.92 Å². The van der Waals surface area contributed by atoms with Crippen LogP contribution in [0.3, 0.4) is 0 Å². The summed E-state index contributed by atoms with van der Waals surface area (Å²) in [5.41, 5.74) is 3.41. The van der Waals surface area contributed by atoms with E-state index in [0.717, 1.165) is 23.0 Å². The van der Waals surface area contributed by atoms with Crippen molar-refractivity contribution in [2.24, 2.45) is 5.16 Å². The quantitative estimate of drug-likeness (QED) is 0.257. The summed E-state index contributed by atoms with van der Waals surface area (Å²) in [5, 5.41) is 17.1. The second-order valence-corrected chi connectivity index (χ2v) is 6.27. The maximum Gasteiger partial charge on any atom is 0.227 e. The molecule has 0 aliphatic heterocycles. The van der Waals surface area contributed by atoms with Gasteiger partial charge in [0.15, 0.2) is 12.7 Å². The molecular weight excluding hydrogens is 308 g/mol. The third-order valence-electron chi connectivity index (χ3n) is 4.77. The lowest BCUT2D eigenvalue weighted by molar-refractivity contribution is -0.687. The zero-order valence-electron chi connectivity index (χ0n) is 14.1. The molecule has 1 heterocycles. The van der Waals surface area contributed by atoms with Crippen molar-refractivity contribution in [1.29, 1.82) is 0 Å². The van der Waals surface area contributed by atoms with Crippen molar-refractivity contribution in [3.63, 3.8) is 0 Å². The van der Waals surface area contributed by atoms with Crippen LogP contribution in [-0.2, 0) is 6.54 Å². The summed E-state index contributed by atoms with van der Waals surface area (Å²) >= 11 is 0. The van der Waals surface area contributed by atoms with Crippen LogP contribution < -0.4 is 4.57 Å². The van der Waals surface area contributed by atoms with E-state index < -0.39 is 0 Å². The minimum atomic E-state index is 0.725. The van der Waals surface area contributed by atoms with E-state index in [2.05, 4.69) is 71.4 Å². The Labute approximate surface area is 146 Å². The first-order valence-electron chi connectivity index (χ1n) is 8.33. The highest BCUT2D eigenvalue weighted by molar-refractivity contribution is 5.87. The number of oxime groups is 1. The first-order chi connectivity index (χ1) is 12.3. The fraction of sp³-hybridized carbons (Fsp3) is 0.0909. The van der Waals surface area contributed by atoms with E-state index in [4.69, 9.17) is 5.21 Å². The molecule has 0 aliphatic carbocycles. The van der Waals surface area contributed by atoms with Crippen LogP contribution in [-0.4, -0.2) is 11.4 Å². The number of rotatable bonds is 3. The van der Waals surface area contributed by atoms with Crippen molar-refractivity contribution in [2.75, 3.05) is 0 Å². The summed E-state index contributed by atoms with van der Waals surface area (Å²) in [6.07, 6.45) is 3.60. The van der Waals surface area contributed by atoms with Gasteiger partial charge in [-0.05, 0) is 34.7 Å². The van der Waals surface area contributed by atoms with Gasteiger partial charge >= 0.3 is 0 Å². The van der Waals surface area contributed by atoms with Crippen molar-refractivity contribution in [3.05, 3.63) is 89.7 Å². The second kappa shape index (κ2) is 6.36. The van der Waals surface area contributed by atoms with E-state index in [1.165, 1.54) is 28.1 Å². The Morgan fingerprint density at radius 3 is 2.44 bits per heavy atom. The Balaban J connectivity index is 1.85. The molecular formula is C22H19N2O+. The number of hydrogen-bond donors (Lipinski definition) is 1. The number of aryl methyl sites for hydroxylation is 1. The summed E-state index contributed by atoms with van der Waals surface area (Å²) in [6, 6.07) is 23.0. The first kappa shape index (κ1) is 15.3. The summed E-state index contributed by atoms with van der Waals surface area (Å²) in [7, 11) is 0. The molecule has 3 heteroatoms. The number of pyridine rings is 1. The Bertz CT molecular complexity index is 1100. The molecule has 0 bridgehead atoms. The van der Waals surface area contributed by atoms with Crippen LogP contribution in [0.25, 0.3) is 21.5 Å². The van der Waals surface area contributed by atoms with Gasteiger partial charge in [-0.25, -0.2) is 0 Å². The van der Waals surface area contributed by atoms with Gasteiger partial charge in [-0.2, -0.15) is 4.57 Å². The number of benzene rings is 3. The molecule has 0 radical (unpaired) electrons. The monoisotopic (exact) mass is 327 g/mol. The fourth-order valence-electron chi connectivity index (χ4n) is 3.38. The van der Waals surface area contributed by atoms with Gasteiger partial charge in [0, 0.05) is 17.0 Å². The smallest absolute Gasteiger partial charge is 0.227 e. The average Bonchev–Trinajstić information content (AvgIpc) is 2.65. The Morgan fingerprint density at radius 1 is 0.920 bits per heavy atom. The number of fused-ring (bicyclic) bond motifs is 2. The minimum Gasteiger partial charge on any atom is -0.411 e. The highest BCUT2D eigenvalue weighted by Crippen LogP contribution is 2.22. The summed E-state index contributed by atoms with van der Waals surface area (Å²) in [5.74, 6) is 0. The Kier molecular flexibility index (Phi) is 3.90. The van der Waals surface area contributed by atoms with Crippen molar-refractivity contribution >= 4 is 27.8 Å². The molecule has 1 aromatic heterocycles. The predicted molar refractivity (Wildman–Crippen MR) is 101 cm³/mol. The van der Waals surface area contributed by atoms with Crippen molar-refractivity contribution in [2.45, 2.75) is 13.5 Å². The third kappa shape index (κ3) is 2.85. The molecule has 4 aromatic rings. The van der Waals surface area contributed by atoms with Crippen LogP contribution in [0.1, 0.15) is 16.8 Å². The van der Waals surface area contributed by atoms with Gasteiger partial charge in [-0.3, -0.25) is 0 Å². The topological polar surface area (TPSA) is 36.5 Å². The zero-order valence-corrected chi connectivity index (χ0v) is 14.1. The zero-order chi connectivity index (χ0) is 17.2. The molecule has 3 aromatic carbocycles. The molecule has 3 nitrogen and oxygen atoms in total. The highest BCUT2D eigenvalue weighted by atomic mass is 16.4. The average molecular weight is 327 g/mol. The maximum atomic E-state index is 9.03. The molecule has 0 spiro atoms. The van der Waals surface area contributed by atoms with Crippen LogP contribution in [0.15, 0.2) is 78.1 Å². The van der Waals surface area contributed by atoms with Gasteiger partial charge in [-0.15, -0.1) is 0 Å². The third-order valence-corrected chi connectivity index (χ3v) is 4.77. The van der Waals surface area contributed by atoms with Crippen LogP contribution in [0.2, 0.25) is 0 Å². The van der Waals surface area contributed by atoms with Crippen molar-refractivity contribution in [3.8, 4) is 0 Å². The van der Waals surface area contributed by atoms with E-state index in [1.807, 2.05) is 18.2 Å². The lowest BCUT2D eigenvalue weighted by atomic mass is 10.00. The van der Waals surface area contributed by atoms with Gasteiger partial charge in [-0.1, -0.05) is 59.8 Å². The van der Waals surface area contributed by atoms with E-state index in [-0.39, 0.29) is 0 Å². The summed E-state index contributed by atoms with van der Waals surface area (Å²) in [4.78, 5) is 0. The Morgan fingerprint density at radius 2 is 1.64 bits per heavy atom. The largest absolute Gasteiger partial charge is 0.411 e. The summed E-state index contributed by atoms with van der Waals surface area (Å²) in [6.45, 7) is 2.89. The molecule has 1 N–H and O–H groups in total.